The summed E-state index contributed by atoms with van der Waals surface area (Å²) < 4.78 is 0. The van der Waals surface area contributed by atoms with E-state index in [0.29, 0.717) is 0 Å². The van der Waals surface area contributed by atoms with E-state index in [2.05, 4.69) is 53.8 Å². The minimum atomic E-state index is 0.0652. The summed E-state index contributed by atoms with van der Waals surface area (Å²) in [5.41, 5.74) is 2.51. The number of rotatable bonds is 7. The molecule has 0 amide bonds. The Kier molecular flexibility index (Phi) is 4.69. The fourth-order valence-electron chi connectivity index (χ4n) is 2.91. The number of hydrogen-bond acceptors (Lipinski definition) is 2. The average molecular weight is 281 g/mol. The van der Waals surface area contributed by atoms with Gasteiger partial charge in [-0.05, 0) is 36.4 Å². The largest absolute Gasteiger partial charge is 0.395 e. The Hall–Kier alpha value is -1.64. The van der Waals surface area contributed by atoms with E-state index in [0.717, 1.165) is 12.5 Å². The molecule has 1 aliphatic carbocycles. The number of aliphatic hydroxyl groups excluding tert-OH is 1. The van der Waals surface area contributed by atoms with Gasteiger partial charge in [0.2, 0.25) is 0 Å². The third-order valence-corrected chi connectivity index (χ3v) is 4.28. The van der Waals surface area contributed by atoms with Crippen molar-refractivity contribution in [2.45, 2.75) is 24.8 Å². The highest BCUT2D eigenvalue weighted by molar-refractivity contribution is 5.34. The summed E-state index contributed by atoms with van der Waals surface area (Å²) >= 11 is 0. The second-order valence-electron chi connectivity index (χ2n) is 5.94. The van der Waals surface area contributed by atoms with Crippen molar-refractivity contribution in [2.75, 3.05) is 13.2 Å². The quantitative estimate of drug-likeness (QED) is 0.817. The summed E-state index contributed by atoms with van der Waals surface area (Å²) in [5, 5.41) is 13.5. The second kappa shape index (κ2) is 6.88. The molecule has 1 fully saturated rings. The van der Waals surface area contributed by atoms with Crippen molar-refractivity contribution in [1.82, 2.24) is 5.32 Å². The molecule has 2 aromatic rings. The van der Waals surface area contributed by atoms with Crippen molar-refractivity contribution in [3.8, 4) is 0 Å². The molecule has 0 bridgehead atoms. The normalized spacial score (nSPS) is 16.1. The summed E-state index contributed by atoms with van der Waals surface area (Å²) in [6, 6.07) is 21.0. The minimum Gasteiger partial charge on any atom is -0.395 e. The van der Waals surface area contributed by atoms with Crippen LogP contribution in [0, 0.1) is 5.92 Å². The minimum absolute atomic E-state index is 0.0652. The molecule has 0 aliphatic heterocycles. The Morgan fingerprint density at radius 2 is 1.43 bits per heavy atom. The van der Waals surface area contributed by atoms with Crippen molar-refractivity contribution in [3.05, 3.63) is 71.8 Å². The molecule has 1 saturated carbocycles. The SMILES string of the molecule is OCC(NCC1CC1)C(c1ccccc1)c1ccccc1. The molecule has 2 aromatic carbocycles. The van der Waals surface area contributed by atoms with E-state index in [9.17, 15) is 5.11 Å². The molecule has 0 radical (unpaired) electrons. The van der Waals surface area contributed by atoms with Gasteiger partial charge in [0.1, 0.15) is 0 Å². The van der Waals surface area contributed by atoms with Gasteiger partial charge in [-0.15, -0.1) is 0 Å². The Bertz CT molecular complexity index is 497. The molecule has 2 heteroatoms. The average Bonchev–Trinajstić information content (AvgIpc) is 3.37. The van der Waals surface area contributed by atoms with Crippen LogP contribution in [0.25, 0.3) is 0 Å². The number of nitrogens with one attached hydrogen (secondary N) is 1. The summed E-state index contributed by atoms with van der Waals surface area (Å²) in [4.78, 5) is 0. The number of benzene rings is 2. The second-order valence-corrected chi connectivity index (χ2v) is 5.94. The van der Waals surface area contributed by atoms with Crippen LogP contribution in [-0.4, -0.2) is 24.3 Å². The Balaban J connectivity index is 1.86. The van der Waals surface area contributed by atoms with Crippen LogP contribution in [0.3, 0.4) is 0 Å². The molecule has 2 nitrogen and oxygen atoms in total. The lowest BCUT2D eigenvalue weighted by Crippen LogP contribution is -2.39. The van der Waals surface area contributed by atoms with E-state index in [-0.39, 0.29) is 18.6 Å². The third-order valence-electron chi connectivity index (χ3n) is 4.28. The first-order valence-corrected chi connectivity index (χ1v) is 7.82. The molecule has 110 valence electrons. The Labute approximate surface area is 126 Å². The first-order valence-electron chi connectivity index (χ1n) is 7.82. The molecule has 0 spiro atoms. The Morgan fingerprint density at radius 1 is 0.905 bits per heavy atom. The van der Waals surface area contributed by atoms with Crippen molar-refractivity contribution in [2.24, 2.45) is 5.92 Å². The lowest BCUT2D eigenvalue weighted by Gasteiger charge is -2.28. The predicted molar refractivity (Wildman–Crippen MR) is 86.3 cm³/mol. The van der Waals surface area contributed by atoms with Crippen molar-refractivity contribution in [3.63, 3.8) is 0 Å². The first-order chi connectivity index (χ1) is 10.4. The maximum atomic E-state index is 9.89. The highest BCUT2D eigenvalue weighted by atomic mass is 16.3. The van der Waals surface area contributed by atoms with E-state index >= 15 is 0 Å². The maximum absolute atomic E-state index is 9.89. The topological polar surface area (TPSA) is 32.3 Å². The summed E-state index contributed by atoms with van der Waals surface area (Å²) in [6.07, 6.45) is 2.65. The van der Waals surface area contributed by atoms with Gasteiger partial charge in [-0.3, -0.25) is 0 Å². The smallest absolute Gasteiger partial charge is 0.0593 e. The van der Waals surface area contributed by atoms with Gasteiger partial charge in [0.25, 0.3) is 0 Å². The molecular weight excluding hydrogens is 258 g/mol. The predicted octanol–water partition coefficient (Wildman–Crippen LogP) is 3.18. The molecule has 0 saturated heterocycles. The van der Waals surface area contributed by atoms with Gasteiger partial charge in [-0.1, -0.05) is 60.7 Å². The van der Waals surface area contributed by atoms with Gasteiger partial charge in [0.15, 0.2) is 0 Å². The van der Waals surface area contributed by atoms with Gasteiger partial charge in [0, 0.05) is 12.0 Å². The fourth-order valence-corrected chi connectivity index (χ4v) is 2.91. The summed E-state index contributed by atoms with van der Waals surface area (Å²) in [6.45, 7) is 1.17. The highest BCUT2D eigenvalue weighted by Crippen LogP contribution is 2.31. The summed E-state index contributed by atoms with van der Waals surface area (Å²) in [5.74, 6) is 1.00. The molecule has 21 heavy (non-hydrogen) atoms. The Morgan fingerprint density at radius 3 is 1.86 bits per heavy atom. The third kappa shape index (κ3) is 3.72. The van der Waals surface area contributed by atoms with Crippen molar-refractivity contribution >= 4 is 0 Å². The van der Waals surface area contributed by atoms with Crippen LogP contribution in [0.15, 0.2) is 60.7 Å². The van der Waals surface area contributed by atoms with E-state index in [1.54, 1.807) is 0 Å². The van der Waals surface area contributed by atoms with Gasteiger partial charge in [0.05, 0.1) is 6.61 Å². The zero-order valence-electron chi connectivity index (χ0n) is 12.3. The fraction of sp³-hybridized carbons (Fsp3) is 0.368. The van der Waals surface area contributed by atoms with Gasteiger partial charge in [-0.2, -0.15) is 0 Å². The molecule has 3 rings (SSSR count). The highest BCUT2D eigenvalue weighted by Gasteiger charge is 2.27. The molecule has 0 aromatic heterocycles. The van der Waals surface area contributed by atoms with Crippen molar-refractivity contribution < 1.29 is 5.11 Å². The molecule has 1 unspecified atom stereocenters. The summed E-state index contributed by atoms with van der Waals surface area (Å²) in [7, 11) is 0. The van der Waals surface area contributed by atoms with Crippen LogP contribution >= 0.6 is 0 Å². The van der Waals surface area contributed by atoms with Crippen LogP contribution in [0.4, 0.5) is 0 Å². The van der Waals surface area contributed by atoms with E-state index in [1.165, 1.54) is 24.0 Å². The van der Waals surface area contributed by atoms with Crippen molar-refractivity contribution in [1.29, 1.82) is 0 Å². The maximum Gasteiger partial charge on any atom is 0.0593 e. The molecule has 0 heterocycles. The monoisotopic (exact) mass is 281 g/mol. The lowest BCUT2D eigenvalue weighted by atomic mass is 9.85. The van der Waals surface area contributed by atoms with Crippen LogP contribution < -0.4 is 5.32 Å². The van der Waals surface area contributed by atoms with Crippen LogP contribution in [0.5, 0.6) is 0 Å². The van der Waals surface area contributed by atoms with Gasteiger partial charge < -0.3 is 10.4 Å². The van der Waals surface area contributed by atoms with Gasteiger partial charge >= 0.3 is 0 Å². The molecule has 1 atom stereocenters. The zero-order valence-corrected chi connectivity index (χ0v) is 12.3. The lowest BCUT2D eigenvalue weighted by molar-refractivity contribution is 0.230. The molecular formula is C19H23NO. The first kappa shape index (κ1) is 14.3. The molecule has 2 N–H and O–H groups in total. The van der Waals surface area contributed by atoms with Gasteiger partial charge in [-0.25, -0.2) is 0 Å². The molecule has 1 aliphatic rings. The van der Waals surface area contributed by atoms with E-state index < -0.39 is 0 Å². The van der Waals surface area contributed by atoms with Crippen LogP contribution in [0.2, 0.25) is 0 Å². The van der Waals surface area contributed by atoms with E-state index in [4.69, 9.17) is 0 Å². The van der Waals surface area contributed by atoms with Crippen LogP contribution in [0.1, 0.15) is 29.9 Å². The number of hydrogen-bond donors (Lipinski definition) is 2. The standard InChI is InChI=1S/C19H23NO/c21-14-18(20-13-15-11-12-15)19(16-7-3-1-4-8-16)17-9-5-2-6-10-17/h1-10,15,18-21H,11-14H2. The van der Waals surface area contributed by atoms with Crippen LogP contribution in [-0.2, 0) is 0 Å². The zero-order chi connectivity index (χ0) is 14.5. The number of aliphatic hydroxyl groups is 1. The van der Waals surface area contributed by atoms with E-state index in [1.807, 2.05) is 12.1 Å².